The molecule has 0 amide bonds. The molecule has 37 heavy (non-hydrogen) atoms. The summed E-state index contributed by atoms with van der Waals surface area (Å²) in [5, 5.41) is 12.9. The number of nitrogens with one attached hydrogen (secondary N) is 3. The van der Waals surface area contributed by atoms with E-state index in [0.717, 1.165) is 68.7 Å². The van der Waals surface area contributed by atoms with Crippen molar-refractivity contribution < 1.29 is 4.39 Å². The van der Waals surface area contributed by atoms with Gasteiger partial charge in [-0.2, -0.15) is 5.10 Å². The maximum atomic E-state index is 14.6. The van der Waals surface area contributed by atoms with Crippen molar-refractivity contribution >= 4 is 27.6 Å². The Morgan fingerprint density at radius 2 is 1.78 bits per heavy atom. The van der Waals surface area contributed by atoms with Gasteiger partial charge in [-0.05, 0) is 73.3 Å². The van der Waals surface area contributed by atoms with Crippen LogP contribution in [0.15, 0.2) is 73.4 Å². The fraction of sp³-hybridized carbons (Fsp3) is 0.143. The molecule has 0 atom stereocenters. The van der Waals surface area contributed by atoms with Gasteiger partial charge in [-0.1, -0.05) is 6.07 Å². The number of likely N-dealkylation sites (N-methyl/N-ethyl adjacent to an activating group) is 1. The first-order valence-electron chi connectivity index (χ1n) is 12.0. The highest BCUT2D eigenvalue weighted by Gasteiger charge is 2.16. The number of hydrogen-bond donors (Lipinski definition) is 3. The number of aromatic amines is 2. The first-order chi connectivity index (χ1) is 18.0. The van der Waals surface area contributed by atoms with Crippen LogP contribution < -0.4 is 5.32 Å². The molecule has 2 aromatic carbocycles. The summed E-state index contributed by atoms with van der Waals surface area (Å²) in [4.78, 5) is 18.3. The third-order valence-corrected chi connectivity index (χ3v) is 6.34. The van der Waals surface area contributed by atoms with E-state index >= 15 is 0 Å². The van der Waals surface area contributed by atoms with Gasteiger partial charge < -0.3 is 15.2 Å². The summed E-state index contributed by atoms with van der Waals surface area (Å²) < 4.78 is 14.6. The first-order valence-corrected chi connectivity index (χ1v) is 12.0. The van der Waals surface area contributed by atoms with Crippen LogP contribution in [0, 0.1) is 5.82 Å². The van der Waals surface area contributed by atoms with Gasteiger partial charge in [0.1, 0.15) is 23.5 Å². The minimum atomic E-state index is -0.290. The molecule has 0 unspecified atom stereocenters. The van der Waals surface area contributed by atoms with Crippen molar-refractivity contribution in [2.24, 2.45) is 0 Å². The predicted octanol–water partition coefficient (Wildman–Crippen LogP) is 5.34. The van der Waals surface area contributed by atoms with Gasteiger partial charge in [0, 0.05) is 53.7 Å². The van der Waals surface area contributed by atoms with Crippen molar-refractivity contribution in [1.29, 1.82) is 0 Å². The van der Waals surface area contributed by atoms with Gasteiger partial charge in [0.25, 0.3) is 0 Å². The molecule has 0 aliphatic rings. The van der Waals surface area contributed by atoms with Gasteiger partial charge >= 0.3 is 0 Å². The van der Waals surface area contributed by atoms with E-state index in [1.54, 1.807) is 24.7 Å². The van der Waals surface area contributed by atoms with Crippen LogP contribution in [0.2, 0.25) is 0 Å². The van der Waals surface area contributed by atoms with Crippen LogP contribution >= 0.6 is 0 Å². The largest absolute Gasteiger partial charge is 0.384 e. The Labute approximate surface area is 212 Å². The second-order valence-corrected chi connectivity index (χ2v) is 9.22. The lowest BCUT2D eigenvalue weighted by Gasteiger charge is -2.13. The van der Waals surface area contributed by atoms with E-state index in [0.29, 0.717) is 5.65 Å². The molecule has 184 valence electrons. The topological polar surface area (TPSA) is 98.4 Å². The molecule has 6 aromatic rings. The van der Waals surface area contributed by atoms with Crippen LogP contribution in [0.1, 0.15) is 0 Å². The van der Waals surface area contributed by atoms with Gasteiger partial charge in [0.2, 0.25) is 0 Å². The number of halogens is 1. The molecule has 0 radical (unpaired) electrons. The molecule has 4 aromatic heterocycles. The summed E-state index contributed by atoms with van der Waals surface area (Å²) in [6, 6.07) is 15.1. The van der Waals surface area contributed by atoms with Gasteiger partial charge in [0.15, 0.2) is 0 Å². The van der Waals surface area contributed by atoms with Gasteiger partial charge in [-0.15, -0.1) is 0 Å². The average Bonchev–Trinajstić information content (AvgIpc) is 3.52. The van der Waals surface area contributed by atoms with Crippen molar-refractivity contribution in [2.75, 3.05) is 32.5 Å². The molecule has 6 rings (SSSR count). The normalized spacial score (nSPS) is 11.6. The Hall–Kier alpha value is -4.63. The molecule has 0 saturated carbocycles. The Kier molecular flexibility index (Phi) is 5.82. The Bertz CT molecular complexity index is 1700. The lowest BCUT2D eigenvalue weighted by Crippen LogP contribution is -2.20. The molecule has 8 nitrogen and oxygen atoms in total. The first kappa shape index (κ1) is 22.8. The number of H-pyrrole nitrogens is 2. The maximum Gasteiger partial charge on any atom is 0.138 e. The van der Waals surface area contributed by atoms with Crippen LogP contribution in [0.4, 0.5) is 10.1 Å². The van der Waals surface area contributed by atoms with Crippen molar-refractivity contribution in [3.8, 4) is 33.6 Å². The molecule has 0 fully saturated rings. The monoisotopic (exact) mass is 492 g/mol. The van der Waals surface area contributed by atoms with Crippen molar-refractivity contribution in [1.82, 2.24) is 35.0 Å². The van der Waals surface area contributed by atoms with E-state index in [9.17, 15) is 4.39 Å². The average molecular weight is 493 g/mol. The molecule has 0 spiro atoms. The lowest BCUT2D eigenvalue weighted by atomic mass is 10.0. The Balaban J connectivity index is 1.41. The summed E-state index contributed by atoms with van der Waals surface area (Å²) in [5.41, 5.74) is 7.58. The highest BCUT2D eigenvalue weighted by atomic mass is 19.1. The molecular formula is C28H25FN8. The zero-order valence-electron chi connectivity index (χ0n) is 20.5. The van der Waals surface area contributed by atoms with Crippen molar-refractivity contribution in [3.63, 3.8) is 0 Å². The predicted molar refractivity (Wildman–Crippen MR) is 145 cm³/mol. The van der Waals surface area contributed by atoms with Crippen LogP contribution in [0.25, 0.3) is 55.6 Å². The fourth-order valence-electron chi connectivity index (χ4n) is 4.52. The number of benzene rings is 2. The highest BCUT2D eigenvalue weighted by molar-refractivity contribution is 6.00. The summed E-state index contributed by atoms with van der Waals surface area (Å²) >= 11 is 0. The zero-order chi connectivity index (χ0) is 25.4. The van der Waals surface area contributed by atoms with E-state index in [4.69, 9.17) is 0 Å². The second-order valence-electron chi connectivity index (χ2n) is 9.22. The van der Waals surface area contributed by atoms with Crippen LogP contribution in [-0.4, -0.2) is 62.2 Å². The van der Waals surface area contributed by atoms with Crippen molar-refractivity contribution in [2.45, 2.75) is 0 Å². The third-order valence-electron chi connectivity index (χ3n) is 6.34. The van der Waals surface area contributed by atoms with Crippen LogP contribution in [0.3, 0.4) is 0 Å². The maximum absolute atomic E-state index is 14.6. The van der Waals surface area contributed by atoms with E-state index in [1.165, 1.54) is 12.4 Å². The number of aromatic nitrogens is 6. The Morgan fingerprint density at radius 1 is 0.919 bits per heavy atom. The number of fused-ring (bicyclic) bond motifs is 2. The van der Waals surface area contributed by atoms with E-state index in [2.05, 4.69) is 46.4 Å². The molecule has 0 bridgehead atoms. The molecular weight excluding hydrogens is 467 g/mol. The number of rotatable bonds is 7. The lowest BCUT2D eigenvalue weighted by molar-refractivity contribution is 0.425. The second kappa shape index (κ2) is 9.44. The number of hydrogen-bond acceptors (Lipinski definition) is 6. The number of nitrogens with zero attached hydrogens (tertiary/aromatic N) is 5. The smallest absolute Gasteiger partial charge is 0.138 e. The van der Waals surface area contributed by atoms with Crippen molar-refractivity contribution in [3.05, 3.63) is 79.3 Å². The zero-order valence-corrected chi connectivity index (χ0v) is 20.5. The quantitative estimate of drug-likeness (QED) is 0.278. The molecule has 4 heterocycles. The number of anilines is 1. The minimum Gasteiger partial charge on any atom is -0.384 e. The molecule has 9 heteroatoms. The summed E-state index contributed by atoms with van der Waals surface area (Å²) in [6.07, 6.45) is 6.82. The summed E-state index contributed by atoms with van der Waals surface area (Å²) in [5.74, 6) is -0.290. The van der Waals surface area contributed by atoms with Gasteiger partial charge in [-0.25, -0.2) is 19.3 Å². The number of pyridine rings is 1. The Morgan fingerprint density at radius 3 is 2.62 bits per heavy atom. The SMILES string of the molecule is CN(C)CCNc1cc(F)cc(-c2ccnc3[nH]c(-c4n[nH]c5ccc(-c6cncnc6)cc45)cc23)c1. The minimum absolute atomic E-state index is 0.290. The molecule has 0 aliphatic heterocycles. The van der Waals surface area contributed by atoms with Crippen LogP contribution in [-0.2, 0) is 0 Å². The van der Waals surface area contributed by atoms with Crippen LogP contribution in [0.5, 0.6) is 0 Å². The van der Waals surface area contributed by atoms with E-state index in [-0.39, 0.29) is 5.82 Å². The third kappa shape index (κ3) is 4.52. The molecule has 0 saturated heterocycles. The van der Waals surface area contributed by atoms with E-state index < -0.39 is 0 Å². The fourth-order valence-corrected chi connectivity index (χ4v) is 4.52. The highest BCUT2D eigenvalue weighted by Crippen LogP contribution is 2.35. The van der Waals surface area contributed by atoms with Gasteiger partial charge in [0.05, 0.1) is 11.2 Å². The standard InChI is InChI=1S/C28H25FN8/c1-37(2)8-7-32-21-10-18(9-20(29)12-21)22-5-6-33-28-23(22)13-26(34-28)27-24-11-17(3-4-25(24)35-36-27)19-14-30-16-31-15-19/h3-6,9-16,32H,7-8H2,1-2H3,(H,33,34)(H,35,36). The molecule has 0 aliphatic carbocycles. The summed E-state index contributed by atoms with van der Waals surface area (Å²) in [7, 11) is 4.02. The molecule has 3 N–H and O–H groups in total. The summed E-state index contributed by atoms with van der Waals surface area (Å²) in [6.45, 7) is 1.57. The van der Waals surface area contributed by atoms with Gasteiger partial charge in [-0.3, -0.25) is 5.10 Å². The van der Waals surface area contributed by atoms with E-state index in [1.807, 2.05) is 44.4 Å².